The third-order valence-electron chi connectivity index (χ3n) is 3.77. The minimum absolute atomic E-state index is 0.0590. The smallest absolute Gasteiger partial charge is 0.344 e. The predicted molar refractivity (Wildman–Crippen MR) is 111 cm³/mol. The topological polar surface area (TPSA) is 71.1 Å². The highest BCUT2D eigenvalue weighted by Gasteiger charge is 2.17. The molecule has 0 fully saturated rings. The van der Waals surface area contributed by atoms with Crippen LogP contribution in [0.3, 0.4) is 0 Å². The van der Waals surface area contributed by atoms with Crippen molar-refractivity contribution in [3.05, 3.63) is 59.4 Å². The van der Waals surface area contributed by atoms with Crippen molar-refractivity contribution < 1.29 is 32.9 Å². The molecule has 2 rings (SSSR count). The Kier molecular flexibility index (Phi) is 7.58. The molecule has 6 nitrogen and oxygen atoms in total. The molecule has 160 valence electrons. The molecular weight excluding hydrogens is 391 g/mol. The molecule has 0 amide bonds. The van der Waals surface area contributed by atoms with Gasteiger partial charge in [0.15, 0.2) is 23.9 Å². The fraction of sp³-hybridized carbons (Fsp3) is 0.304. The maximum absolute atomic E-state index is 13.9. The predicted octanol–water partition coefficient (Wildman–Crippen LogP) is 4.46. The summed E-state index contributed by atoms with van der Waals surface area (Å²) in [6, 6.07) is 8.75. The van der Waals surface area contributed by atoms with Gasteiger partial charge in [0.05, 0.1) is 14.2 Å². The number of benzene rings is 2. The number of ether oxygens (including phenoxy) is 4. The van der Waals surface area contributed by atoms with Gasteiger partial charge in [-0.25, -0.2) is 9.18 Å². The third-order valence-corrected chi connectivity index (χ3v) is 3.77. The monoisotopic (exact) mass is 416 g/mol. The van der Waals surface area contributed by atoms with Crippen molar-refractivity contribution in [1.29, 1.82) is 0 Å². The minimum Gasteiger partial charge on any atom is -0.493 e. The normalized spacial score (nSPS) is 11.3. The molecular formula is C23H25FO6. The highest BCUT2D eigenvalue weighted by molar-refractivity contribution is 6.07. The molecule has 2 aromatic carbocycles. The second kappa shape index (κ2) is 9.91. The van der Waals surface area contributed by atoms with E-state index in [4.69, 9.17) is 18.9 Å². The zero-order chi connectivity index (χ0) is 22.3. The van der Waals surface area contributed by atoms with Crippen molar-refractivity contribution in [3.8, 4) is 17.2 Å². The van der Waals surface area contributed by atoms with Crippen molar-refractivity contribution in [1.82, 2.24) is 0 Å². The van der Waals surface area contributed by atoms with Crippen LogP contribution in [0, 0.1) is 5.82 Å². The first-order valence-corrected chi connectivity index (χ1v) is 9.21. The van der Waals surface area contributed by atoms with Crippen molar-refractivity contribution in [2.45, 2.75) is 26.4 Å². The van der Waals surface area contributed by atoms with Crippen LogP contribution in [0.2, 0.25) is 0 Å². The van der Waals surface area contributed by atoms with Crippen LogP contribution in [0.25, 0.3) is 6.08 Å². The second-order valence-corrected chi connectivity index (χ2v) is 7.36. The average molecular weight is 416 g/mol. The van der Waals surface area contributed by atoms with Crippen molar-refractivity contribution >= 4 is 17.8 Å². The fourth-order valence-electron chi connectivity index (χ4n) is 2.53. The standard InChI is InChI=1S/C23H25FO6/c1-23(2,3)30-22(26)14-29-18-12-16(11-17(24)13-18)19(25)8-6-15-7-9-20(27-4)21(10-15)28-5/h6-13H,14H2,1-5H3/b8-6+. The van der Waals surface area contributed by atoms with E-state index in [1.54, 1.807) is 45.0 Å². The molecule has 7 heteroatoms. The van der Waals surface area contributed by atoms with Gasteiger partial charge in [-0.05, 0) is 56.7 Å². The van der Waals surface area contributed by atoms with E-state index in [2.05, 4.69) is 0 Å². The van der Waals surface area contributed by atoms with E-state index in [0.29, 0.717) is 17.1 Å². The van der Waals surface area contributed by atoms with Gasteiger partial charge in [-0.1, -0.05) is 12.1 Å². The van der Waals surface area contributed by atoms with Gasteiger partial charge < -0.3 is 18.9 Å². The van der Waals surface area contributed by atoms with Crippen LogP contribution in [0.4, 0.5) is 4.39 Å². The number of carbonyl (C=O) groups excluding carboxylic acids is 2. The maximum Gasteiger partial charge on any atom is 0.344 e. The highest BCUT2D eigenvalue weighted by Crippen LogP contribution is 2.28. The zero-order valence-corrected chi connectivity index (χ0v) is 17.7. The quantitative estimate of drug-likeness (QED) is 0.359. The Morgan fingerprint density at radius 2 is 1.70 bits per heavy atom. The van der Waals surface area contributed by atoms with Crippen LogP contribution in [-0.2, 0) is 9.53 Å². The Bertz CT molecular complexity index is 943. The van der Waals surface area contributed by atoms with Gasteiger partial charge in [0, 0.05) is 11.6 Å². The van der Waals surface area contributed by atoms with Crippen LogP contribution in [-0.4, -0.2) is 38.2 Å². The summed E-state index contributed by atoms with van der Waals surface area (Å²) in [6.45, 7) is 4.80. The largest absolute Gasteiger partial charge is 0.493 e. The number of methoxy groups -OCH3 is 2. The molecule has 0 atom stereocenters. The molecule has 0 heterocycles. The molecule has 0 aliphatic rings. The molecule has 0 aliphatic heterocycles. The van der Waals surface area contributed by atoms with Crippen molar-refractivity contribution in [2.24, 2.45) is 0 Å². The number of ketones is 1. The zero-order valence-electron chi connectivity index (χ0n) is 17.7. The van der Waals surface area contributed by atoms with E-state index >= 15 is 0 Å². The van der Waals surface area contributed by atoms with Crippen LogP contribution >= 0.6 is 0 Å². The molecule has 0 aromatic heterocycles. The molecule has 0 saturated carbocycles. The van der Waals surface area contributed by atoms with E-state index in [0.717, 1.165) is 12.1 Å². The van der Waals surface area contributed by atoms with E-state index in [-0.39, 0.29) is 11.3 Å². The Morgan fingerprint density at radius 3 is 2.33 bits per heavy atom. The van der Waals surface area contributed by atoms with Crippen molar-refractivity contribution in [3.63, 3.8) is 0 Å². The van der Waals surface area contributed by atoms with Crippen molar-refractivity contribution in [2.75, 3.05) is 20.8 Å². The number of halogens is 1. The molecule has 0 radical (unpaired) electrons. The summed E-state index contributed by atoms with van der Waals surface area (Å²) in [5, 5.41) is 0. The summed E-state index contributed by atoms with van der Waals surface area (Å²) in [7, 11) is 3.05. The van der Waals surface area contributed by atoms with Crippen LogP contribution in [0.1, 0.15) is 36.7 Å². The lowest BCUT2D eigenvalue weighted by atomic mass is 10.1. The fourth-order valence-corrected chi connectivity index (χ4v) is 2.53. The van der Waals surface area contributed by atoms with Crippen LogP contribution in [0.5, 0.6) is 17.2 Å². The van der Waals surface area contributed by atoms with Gasteiger partial charge in [0.2, 0.25) is 0 Å². The van der Waals surface area contributed by atoms with E-state index in [1.165, 1.54) is 26.4 Å². The molecule has 0 unspecified atom stereocenters. The summed E-state index contributed by atoms with van der Waals surface area (Å²) in [5.74, 6) is -0.517. The molecule has 0 bridgehead atoms. The minimum atomic E-state index is -0.654. The van der Waals surface area contributed by atoms with Gasteiger partial charge in [0.1, 0.15) is 17.2 Å². The molecule has 0 spiro atoms. The summed E-state index contributed by atoms with van der Waals surface area (Å²) >= 11 is 0. The summed E-state index contributed by atoms with van der Waals surface area (Å²) in [6.07, 6.45) is 2.89. The van der Waals surface area contributed by atoms with Gasteiger partial charge in [-0.3, -0.25) is 4.79 Å². The number of hydrogen-bond acceptors (Lipinski definition) is 6. The van der Waals surface area contributed by atoms with Crippen LogP contribution in [0.15, 0.2) is 42.5 Å². The number of carbonyl (C=O) groups is 2. The lowest BCUT2D eigenvalue weighted by Crippen LogP contribution is -2.27. The number of rotatable bonds is 8. The van der Waals surface area contributed by atoms with E-state index < -0.39 is 29.8 Å². The first-order valence-electron chi connectivity index (χ1n) is 9.21. The number of hydrogen-bond donors (Lipinski definition) is 0. The lowest BCUT2D eigenvalue weighted by molar-refractivity contribution is -0.157. The SMILES string of the molecule is COc1ccc(/C=C/C(=O)c2cc(F)cc(OCC(=O)OC(C)(C)C)c2)cc1OC. The van der Waals surface area contributed by atoms with E-state index in [9.17, 15) is 14.0 Å². The van der Waals surface area contributed by atoms with Gasteiger partial charge in [-0.2, -0.15) is 0 Å². The average Bonchev–Trinajstić information content (AvgIpc) is 2.68. The third kappa shape index (κ3) is 6.92. The summed E-state index contributed by atoms with van der Waals surface area (Å²) in [4.78, 5) is 24.2. The van der Waals surface area contributed by atoms with Gasteiger partial charge in [0.25, 0.3) is 0 Å². The Labute approximate surface area is 175 Å². The highest BCUT2D eigenvalue weighted by atomic mass is 19.1. The molecule has 0 aliphatic carbocycles. The van der Waals surface area contributed by atoms with Gasteiger partial charge >= 0.3 is 5.97 Å². The lowest BCUT2D eigenvalue weighted by Gasteiger charge is -2.19. The number of allylic oxidation sites excluding steroid dienone is 1. The van der Waals surface area contributed by atoms with E-state index in [1.807, 2.05) is 0 Å². The molecule has 0 N–H and O–H groups in total. The number of esters is 1. The second-order valence-electron chi connectivity index (χ2n) is 7.36. The van der Waals surface area contributed by atoms with Crippen LogP contribution < -0.4 is 14.2 Å². The molecule has 30 heavy (non-hydrogen) atoms. The summed E-state index contributed by atoms with van der Waals surface area (Å²) < 4.78 is 34.7. The Morgan fingerprint density at radius 1 is 1.00 bits per heavy atom. The maximum atomic E-state index is 13.9. The van der Waals surface area contributed by atoms with Gasteiger partial charge in [-0.15, -0.1) is 0 Å². The Hall–Kier alpha value is -3.35. The summed E-state index contributed by atoms with van der Waals surface area (Å²) in [5.41, 5.74) is 0.142. The Balaban J connectivity index is 2.11. The first kappa shape index (κ1) is 22.9. The first-order chi connectivity index (χ1) is 14.1. The molecule has 2 aromatic rings. The molecule has 0 saturated heterocycles.